The zero-order valence-corrected chi connectivity index (χ0v) is 61.1. The highest BCUT2D eigenvalue weighted by Gasteiger charge is 2.27. The lowest BCUT2D eigenvalue weighted by Crippen LogP contribution is -2.44. The average molecular weight is 1380 g/mol. The Balaban J connectivity index is 0.000000392. The third-order valence-electron chi connectivity index (χ3n) is 15.9. The molecule has 0 aliphatic carbocycles. The summed E-state index contributed by atoms with van der Waals surface area (Å²) in [5, 5.41) is 71.5. The Morgan fingerprint density at radius 3 is 1.45 bits per heavy atom. The maximum Gasteiger partial charge on any atom is 0.305 e. The van der Waals surface area contributed by atoms with E-state index in [1.54, 1.807) is 53.7 Å². The molecule has 0 saturated heterocycles. The average Bonchev–Trinajstić information content (AvgIpc) is 0.802. The van der Waals surface area contributed by atoms with Gasteiger partial charge in [0.15, 0.2) is 0 Å². The van der Waals surface area contributed by atoms with Crippen molar-refractivity contribution in [2.24, 2.45) is 5.73 Å². The van der Waals surface area contributed by atoms with Gasteiger partial charge in [-0.05, 0) is 223 Å². The van der Waals surface area contributed by atoms with Gasteiger partial charge in [-0.1, -0.05) is 84.8 Å². The minimum Gasteiger partial charge on any atom is -0.397 e. The van der Waals surface area contributed by atoms with E-state index in [4.69, 9.17) is 31.9 Å². The predicted molar refractivity (Wildman–Crippen MR) is 412 cm³/mol. The number of halogens is 1. The van der Waals surface area contributed by atoms with Crippen molar-refractivity contribution in [2.75, 3.05) is 75.1 Å². The van der Waals surface area contributed by atoms with Crippen molar-refractivity contribution in [3.05, 3.63) is 209 Å². The van der Waals surface area contributed by atoms with Gasteiger partial charge in [-0.3, -0.25) is 29.8 Å². The lowest BCUT2D eigenvalue weighted by Gasteiger charge is -2.35. The first-order valence-corrected chi connectivity index (χ1v) is 33.6. The summed E-state index contributed by atoms with van der Waals surface area (Å²) < 4.78 is 12.6. The van der Waals surface area contributed by atoms with Crippen molar-refractivity contribution in [2.45, 2.75) is 193 Å². The number of carbonyl (C=O) groups is 2. The van der Waals surface area contributed by atoms with Gasteiger partial charge in [0.25, 0.3) is 5.69 Å². The Labute approximate surface area is 593 Å². The van der Waals surface area contributed by atoms with Crippen molar-refractivity contribution >= 4 is 68.7 Å². The lowest BCUT2D eigenvalue weighted by atomic mass is 9.95. The predicted octanol–water partition coefficient (Wildman–Crippen LogP) is 14.8. The van der Waals surface area contributed by atoms with Crippen LogP contribution in [0.4, 0.5) is 61.3 Å². The number of nitrogens with one attached hydrogen (secondary N) is 5. The van der Waals surface area contributed by atoms with Crippen LogP contribution in [0, 0.1) is 81.4 Å². The molecule has 7 aromatic rings. The van der Waals surface area contributed by atoms with Gasteiger partial charge in [-0.15, -0.1) is 0 Å². The molecule has 3 heterocycles. The van der Waals surface area contributed by atoms with Crippen molar-refractivity contribution in [3.8, 4) is 0 Å². The number of benzene rings is 7. The van der Waals surface area contributed by atoms with Crippen LogP contribution in [0.2, 0.25) is 0 Å². The molecule has 3 aliphatic rings. The van der Waals surface area contributed by atoms with Gasteiger partial charge in [0, 0.05) is 85.8 Å². The van der Waals surface area contributed by atoms with Crippen molar-refractivity contribution in [1.82, 2.24) is 0 Å². The van der Waals surface area contributed by atoms with Gasteiger partial charge in [-0.2, -0.15) is 4.39 Å². The number of nitro benzene ring substituents is 2. The smallest absolute Gasteiger partial charge is 0.305 e. The van der Waals surface area contributed by atoms with Crippen molar-refractivity contribution < 1.29 is 44.3 Å². The highest BCUT2D eigenvalue weighted by atomic mass is 19.1. The zero-order valence-electron chi connectivity index (χ0n) is 61.1. The third-order valence-corrected chi connectivity index (χ3v) is 15.9. The SMILES string of the molecule is C.CC(=O)N1c2ccc(C)cc2CC[C@@H]1C.CC(=O)N1c2ccc(C)cc2NC[C@@H]1C.C[C@H](N)CO.Cc1ccc(F)c([N+](=O)[O-])c1.Cc1ccc(N[C@@H](C)CO)c(C)c1.Cc1ccc(N[C@@H](C)CO)c(N)c1.Cc1ccc(N[C@@H](C)CO)c([N+](=O)[O-])c1.Cc1ccc2c(c1)CC[C@H](C)N2. The van der Waals surface area contributed by atoms with Crippen LogP contribution in [0.1, 0.15) is 138 Å². The van der Waals surface area contributed by atoms with Crippen LogP contribution in [0.3, 0.4) is 0 Å². The molecule has 0 radical (unpaired) electrons. The number of aliphatic hydroxyl groups is 4. The summed E-state index contributed by atoms with van der Waals surface area (Å²) in [5.41, 5.74) is 29.8. The fourth-order valence-corrected chi connectivity index (χ4v) is 10.6. The van der Waals surface area contributed by atoms with E-state index < -0.39 is 21.4 Å². The van der Waals surface area contributed by atoms with Crippen molar-refractivity contribution in [3.63, 3.8) is 0 Å². The first kappa shape index (κ1) is 86.9. The minimum absolute atomic E-state index is 0. The molecule has 3 aliphatic heterocycles. The summed E-state index contributed by atoms with van der Waals surface area (Å²) in [6, 6.07) is 41.0. The first-order chi connectivity index (χ1) is 46.6. The van der Waals surface area contributed by atoms with E-state index in [-0.39, 0.29) is 81.6 Å². The minimum atomic E-state index is -0.791. The molecule has 0 saturated carbocycles. The van der Waals surface area contributed by atoms with E-state index in [9.17, 15) is 34.2 Å². The number of nitrogens with two attached hydrogens (primary N) is 2. The molecule has 0 spiro atoms. The second kappa shape index (κ2) is 43.4. The Kier molecular flexibility index (Phi) is 37.7. The molecule has 10 rings (SSSR count). The fraction of sp³-hybridized carbons (Fsp3) is 0.436. The Morgan fingerprint density at radius 2 is 0.950 bits per heavy atom. The van der Waals surface area contributed by atoms with E-state index in [0.29, 0.717) is 23.3 Å². The topological polar surface area (TPSA) is 320 Å². The van der Waals surface area contributed by atoms with Gasteiger partial charge in [-0.25, -0.2) is 0 Å². The van der Waals surface area contributed by atoms with Gasteiger partial charge < -0.3 is 68.3 Å². The second-order valence-electron chi connectivity index (χ2n) is 26.0. The molecule has 21 nitrogen and oxygen atoms in total. The van der Waals surface area contributed by atoms with Crippen LogP contribution in [-0.2, 0) is 22.4 Å². The summed E-state index contributed by atoms with van der Waals surface area (Å²) in [5.74, 6) is -0.540. The van der Waals surface area contributed by atoms with E-state index in [1.807, 2.05) is 60.9 Å². The van der Waals surface area contributed by atoms with Crippen molar-refractivity contribution in [1.29, 1.82) is 0 Å². The molecule has 0 bridgehead atoms. The van der Waals surface area contributed by atoms with Crippen LogP contribution >= 0.6 is 0 Å². The van der Waals surface area contributed by atoms with Crippen LogP contribution in [0.15, 0.2) is 127 Å². The standard InChI is InChI=1S/C13H17NO.C12H16N2O.C11H17NO.C11H15N.C10H14N2O3.C10H16N2O.C7H6FNO2.C3H9NO.CH4/c1-9-4-7-13-12(8-9)6-5-10(2)14(13)11(3)15;1-8-4-5-12-11(6-8)13-7-9(2)14(12)10(3)15;1-8-4-5-11(9(2)6-8)12-10(3)7-13;1-8-3-6-11-10(7-8)5-4-9(2)12-11;1-7-3-4-9(11-8(2)6-13)10(5-7)12(14)15;1-7-3-4-10(9(11)5-7)12-8(2)6-13;1-5-2-3-6(8)7(4-5)9(10)11;1-3(4)2-5;/h4,7-8,10H,5-6H2,1-3H3;4-6,9,13H,7H2,1-3H3;4-6,10,12-13H,7H2,1-3H3;3,6-7,9,12H,4-5H2,1-2H3;3-5,8,11,13H,6H2,1-2H3;3-5,8,12-13H,6,11H2,1-2H3;2-4H,1H3;3,5H,2,4H2,1H3;1H4/t10-;9-;10-;9-;2*8-;;3-;/m000000.0./s1. The number of carbonyl (C=O) groups excluding carboxylic acids is 2. The number of aryl methyl sites for hydroxylation is 10. The molecular formula is C78H114FN11O10. The molecule has 100 heavy (non-hydrogen) atoms. The number of aliphatic hydroxyl groups excluding tert-OH is 4. The summed E-state index contributed by atoms with van der Waals surface area (Å²) in [6.07, 6.45) is 4.64. The highest BCUT2D eigenvalue weighted by molar-refractivity contribution is 5.97. The monoisotopic (exact) mass is 1380 g/mol. The molecule has 2 amide bonds. The number of hydrogen-bond acceptors (Lipinski definition) is 17. The van der Waals surface area contributed by atoms with Crippen LogP contribution in [-0.4, -0.2) is 117 Å². The molecule has 0 fully saturated rings. The number of rotatable bonds is 12. The van der Waals surface area contributed by atoms with Crippen LogP contribution in [0.25, 0.3) is 0 Å². The Bertz CT molecular complexity index is 3590. The van der Waals surface area contributed by atoms with Gasteiger partial charge >= 0.3 is 5.69 Å². The number of anilines is 8. The highest BCUT2D eigenvalue weighted by Crippen LogP contribution is 2.34. The van der Waals surface area contributed by atoms with Crippen LogP contribution < -0.4 is 47.9 Å². The summed E-state index contributed by atoms with van der Waals surface area (Å²) in [7, 11) is 0. The summed E-state index contributed by atoms with van der Waals surface area (Å²) >= 11 is 0. The number of hydrogen-bond donors (Lipinski definition) is 11. The molecular weight excluding hydrogens is 1270 g/mol. The van der Waals surface area contributed by atoms with Gasteiger partial charge in [0.1, 0.15) is 5.69 Å². The van der Waals surface area contributed by atoms with E-state index >= 15 is 0 Å². The Morgan fingerprint density at radius 1 is 0.540 bits per heavy atom. The number of fused-ring (bicyclic) bond motifs is 3. The third kappa shape index (κ3) is 29.3. The van der Waals surface area contributed by atoms with Crippen LogP contribution in [0.5, 0.6) is 0 Å². The van der Waals surface area contributed by atoms with Gasteiger partial charge in [0.2, 0.25) is 17.6 Å². The second-order valence-corrected chi connectivity index (χ2v) is 26.0. The molecule has 0 unspecified atom stereocenters. The zero-order chi connectivity index (χ0) is 74.4. The Hall–Kier alpha value is -9.19. The molecule has 22 heteroatoms. The summed E-state index contributed by atoms with van der Waals surface area (Å²) in [6.45, 7) is 34.0. The molecule has 548 valence electrons. The quantitative estimate of drug-likeness (QED) is 0.0308. The summed E-state index contributed by atoms with van der Waals surface area (Å²) in [4.78, 5) is 46.6. The van der Waals surface area contributed by atoms with E-state index in [2.05, 4.69) is 143 Å². The number of nitro groups is 2. The fourth-order valence-electron chi connectivity index (χ4n) is 10.6. The number of nitrogens with zero attached hydrogens (tertiary/aromatic N) is 4. The number of amides is 2. The molecule has 0 aromatic heterocycles. The lowest BCUT2D eigenvalue weighted by molar-refractivity contribution is -0.387. The number of nitrogen functional groups attached to an aromatic ring is 1. The maximum atomic E-state index is 12.6. The molecule has 13 N–H and O–H groups in total. The van der Waals surface area contributed by atoms with E-state index in [0.717, 1.165) is 70.7 Å². The molecule has 7 atom stereocenters. The normalized spacial score (nSPS) is 15.4. The first-order valence-electron chi connectivity index (χ1n) is 33.6. The maximum absolute atomic E-state index is 12.6. The largest absolute Gasteiger partial charge is 0.397 e. The van der Waals surface area contributed by atoms with Gasteiger partial charge in [0.05, 0.1) is 65.1 Å². The van der Waals surface area contributed by atoms with E-state index in [1.165, 1.54) is 75.7 Å². The molecule has 7 aromatic carbocycles.